The molecule has 21 heavy (non-hydrogen) atoms. The van der Waals surface area contributed by atoms with Gasteiger partial charge in [-0.2, -0.15) is 0 Å². The van der Waals surface area contributed by atoms with Gasteiger partial charge in [-0.05, 0) is 24.6 Å². The van der Waals surface area contributed by atoms with Crippen LogP contribution in [0.3, 0.4) is 0 Å². The van der Waals surface area contributed by atoms with Crippen molar-refractivity contribution in [1.29, 1.82) is 0 Å². The maximum atomic E-state index is 11.9. The minimum atomic E-state index is -0.745. The fourth-order valence-electron chi connectivity index (χ4n) is 1.83. The second-order valence-electron chi connectivity index (χ2n) is 4.54. The molecule has 0 unspecified atom stereocenters. The van der Waals surface area contributed by atoms with Crippen molar-refractivity contribution in [2.75, 3.05) is 5.32 Å². The molecule has 0 saturated carbocycles. The molecule has 0 aliphatic heterocycles. The second-order valence-corrected chi connectivity index (χ2v) is 4.95. The maximum Gasteiger partial charge on any atom is 0.313 e. The lowest BCUT2D eigenvalue weighted by atomic mass is 10.1. The standard InChI is InChI=1S/C16H15ClN2O2/c1-11(12-7-3-2-4-8-12)18-15(20)16(21)19-14-10-6-5-9-13(14)17/h2-11H,1H3,(H,18,20)(H,19,21)/t11-/m1/s1. The summed E-state index contributed by atoms with van der Waals surface area (Å²) < 4.78 is 0. The third kappa shape index (κ3) is 4.07. The first kappa shape index (κ1) is 15.1. The van der Waals surface area contributed by atoms with Gasteiger partial charge < -0.3 is 10.6 Å². The Labute approximate surface area is 128 Å². The topological polar surface area (TPSA) is 58.2 Å². The van der Waals surface area contributed by atoms with Crippen molar-refractivity contribution >= 4 is 29.1 Å². The number of rotatable bonds is 3. The van der Waals surface area contributed by atoms with Crippen molar-refractivity contribution in [2.45, 2.75) is 13.0 Å². The number of halogens is 1. The molecule has 2 aromatic rings. The van der Waals surface area contributed by atoms with Crippen LogP contribution < -0.4 is 10.6 Å². The van der Waals surface area contributed by atoms with E-state index < -0.39 is 11.8 Å². The molecule has 108 valence electrons. The van der Waals surface area contributed by atoms with Crippen LogP contribution in [-0.2, 0) is 9.59 Å². The second kappa shape index (κ2) is 6.90. The molecule has 2 N–H and O–H groups in total. The Bertz CT molecular complexity index is 644. The van der Waals surface area contributed by atoms with Gasteiger partial charge in [0.1, 0.15) is 0 Å². The van der Waals surface area contributed by atoms with Crippen molar-refractivity contribution in [3.8, 4) is 0 Å². The summed E-state index contributed by atoms with van der Waals surface area (Å²) >= 11 is 5.93. The summed E-state index contributed by atoms with van der Waals surface area (Å²) in [6, 6.07) is 15.9. The van der Waals surface area contributed by atoms with Gasteiger partial charge in [-0.3, -0.25) is 9.59 Å². The Hall–Kier alpha value is -2.33. The van der Waals surface area contributed by atoms with Crippen LogP contribution in [0.4, 0.5) is 5.69 Å². The molecule has 0 heterocycles. The van der Waals surface area contributed by atoms with Gasteiger partial charge in [0.15, 0.2) is 0 Å². The lowest BCUT2D eigenvalue weighted by Crippen LogP contribution is -2.36. The Morgan fingerprint density at radius 2 is 1.57 bits per heavy atom. The van der Waals surface area contributed by atoms with Crippen molar-refractivity contribution in [1.82, 2.24) is 5.32 Å². The number of carbonyl (C=O) groups is 2. The molecule has 2 rings (SSSR count). The van der Waals surface area contributed by atoms with Gasteiger partial charge in [-0.25, -0.2) is 0 Å². The number of para-hydroxylation sites is 1. The molecule has 1 atom stereocenters. The van der Waals surface area contributed by atoms with Crippen molar-refractivity contribution in [3.05, 3.63) is 65.2 Å². The fourth-order valence-corrected chi connectivity index (χ4v) is 2.01. The SMILES string of the molecule is C[C@@H](NC(=O)C(=O)Nc1ccccc1Cl)c1ccccc1. The number of amides is 2. The van der Waals surface area contributed by atoms with E-state index >= 15 is 0 Å². The zero-order valence-corrected chi connectivity index (χ0v) is 12.2. The molecule has 0 radical (unpaired) electrons. The Balaban J connectivity index is 1.97. The van der Waals surface area contributed by atoms with E-state index in [0.29, 0.717) is 10.7 Å². The molecule has 2 aromatic carbocycles. The summed E-state index contributed by atoms with van der Waals surface area (Å²) in [7, 11) is 0. The molecule has 0 aliphatic rings. The van der Waals surface area contributed by atoms with Gasteiger partial charge in [-0.1, -0.05) is 54.1 Å². The molecule has 2 amide bonds. The van der Waals surface area contributed by atoms with Crippen LogP contribution in [0.5, 0.6) is 0 Å². The summed E-state index contributed by atoms with van der Waals surface area (Å²) in [6.45, 7) is 1.82. The Morgan fingerprint density at radius 3 is 2.24 bits per heavy atom. The zero-order valence-electron chi connectivity index (χ0n) is 11.5. The van der Waals surface area contributed by atoms with E-state index in [-0.39, 0.29) is 6.04 Å². The predicted molar refractivity (Wildman–Crippen MR) is 83.1 cm³/mol. The van der Waals surface area contributed by atoms with Crippen LogP contribution in [0.25, 0.3) is 0 Å². The zero-order chi connectivity index (χ0) is 15.2. The minimum absolute atomic E-state index is 0.254. The minimum Gasteiger partial charge on any atom is -0.341 e. The number of hydrogen-bond donors (Lipinski definition) is 2. The summed E-state index contributed by atoms with van der Waals surface area (Å²) in [5.41, 5.74) is 1.34. The number of carbonyl (C=O) groups excluding carboxylic acids is 2. The lowest BCUT2D eigenvalue weighted by molar-refractivity contribution is -0.136. The summed E-state index contributed by atoms with van der Waals surface area (Å²) in [6.07, 6.45) is 0. The Kier molecular flexibility index (Phi) is 4.95. The molecule has 5 heteroatoms. The van der Waals surface area contributed by atoms with E-state index in [2.05, 4.69) is 10.6 Å². The van der Waals surface area contributed by atoms with Gasteiger partial charge in [0.05, 0.1) is 16.8 Å². The van der Waals surface area contributed by atoms with Crippen LogP contribution in [0, 0.1) is 0 Å². The molecule has 0 fully saturated rings. The van der Waals surface area contributed by atoms with E-state index in [9.17, 15) is 9.59 Å². The Morgan fingerprint density at radius 1 is 0.952 bits per heavy atom. The molecule has 4 nitrogen and oxygen atoms in total. The highest BCUT2D eigenvalue weighted by atomic mass is 35.5. The molecule has 0 saturated heterocycles. The molecule has 0 spiro atoms. The first-order valence-corrected chi connectivity index (χ1v) is 6.87. The van der Waals surface area contributed by atoms with Gasteiger partial charge in [0.2, 0.25) is 0 Å². The average molecular weight is 303 g/mol. The number of hydrogen-bond acceptors (Lipinski definition) is 2. The van der Waals surface area contributed by atoms with Crippen molar-refractivity contribution in [3.63, 3.8) is 0 Å². The highest BCUT2D eigenvalue weighted by Gasteiger charge is 2.17. The lowest BCUT2D eigenvalue weighted by Gasteiger charge is -2.14. The van der Waals surface area contributed by atoms with Gasteiger partial charge >= 0.3 is 11.8 Å². The van der Waals surface area contributed by atoms with E-state index in [1.807, 2.05) is 37.3 Å². The summed E-state index contributed by atoms with van der Waals surface area (Å²) in [4.78, 5) is 23.7. The highest BCUT2D eigenvalue weighted by Crippen LogP contribution is 2.20. The monoisotopic (exact) mass is 302 g/mol. The van der Waals surface area contributed by atoms with E-state index in [4.69, 9.17) is 11.6 Å². The molecular formula is C16H15ClN2O2. The third-order valence-corrected chi connectivity index (χ3v) is 3.31. The highest BCUT2D eigenvalue weighted by molar-refractivity contribution is 6.41. The molecular weight excluding hydrogens is 288 g/mol. The van der Waals surface area contributed by atoms with Gasteiger partial charge in [0.25, 0.3) is 0 Å². The number of nitrogens with one attached hydrogen (secondary N) is 2. The van der Waals surface area contributed by atoms with Crippen LogP contribution in [-0.4, -0.2) is 11.8 Å². The normalized spacial score (nSPS) is 11.5. The van der Waals surface area contributed by atoms with Gasteiger partial charge in [0, 0.05) is 0 Å². The molecule has 0 bridgehead atoms. The van der Waals surface area contributed by atoms with Crippen LogP contribution in [0.2, 0.25) is 5.02 Å². The average Bonchev–Trinajstić information content (AvgIpc) is 2.50. The van der Waals surface area contributed by atoms with E-state index in [0.717, 1.165) is 5.56 Å². The van der Waals surface area contributed by atoms with E-state index in [1.165, 1.54) is 0 Å². The van der Waals surface area contributed by atoms with Crippen molar-refractivity contribution < 1.29 is 9.59 Å². The van der Waals surface area contributed by atoms with Gasteiger partial charge in [-0.15, -0.1) is 0 Å². The maximum absolute atomic E-state index is 11.9. The van der Waals surface area contributed by atoms with Crippen LogP contribution in [0.1, 0.15) is 18.5 Å². The fraction of sp³-hybridized carbons (Fsp3) is 0.125. The quantitative estimate of drug-likeness (QED) is 0.856. The molecule has 0 aliphatic carbocycles. The predicted octanol–water partition coefficient (Wildman–Crippen LogP) is 3.16. The number of benzene rings is 2. The van der Waals surface area contributed by atoms with Crippen molar-refractivity contribution in [2.24, 2.45) is 0 Å². The largest absolute Gasteiger partial charge is 0.341 e. The van der Waals surface area contributed by atoms with Crippen LogP contribution >= 0.6 is 11.6 Å². The van der Waals surface area contributed by atoms with Crippen LogP contribution in [0.15, 0.2) is 54.6 Å². The first-order chi connectivity index (χ1) is 10.1. The first-order valence-electron chi connectivity index (χ1n) is 6.49. The smallest absolute Gasteiger partial charge is 0.313 e. The third-order valence-electron chi connectivity index (χ3n) is 2.98. The molecule has 0 aromatic heterocycles. The number of anilines is 1. The summed E-state index contributed by atoms with van der Waals surface area (Å²) in [5, 5.41) is 5.51. The van der Waals surface area contributed by atoms with E-state index in [1.54, 1.807) is 24.3 Å². The summed E-state index contributed by atoms with van der Waals surface area (Å²) in [5.74, 6) is -1.45.